The van der Waals surface area contributed by atoms with E-state index < -0.39 is 0 Å². The largest absolute Gasteiger partial charge is 0.481 e. The number of methoxy groups -OCH3 is 1. The Balaban J connectivity index is 2.36. The standard InChI is InChI=1S/C14H19ClN4O/c1-9-13(14(20-3)19(2)18-9)12(8-16)17-11-7-5-4-6-10(11)15/h4-7,12,17H,8,16H2,1-3H3. The van der Waals surface area contributed by atoms with Crippen LogP contribution in [0.15, 0.2) is 24.3 Å². The number of ether oxygens (including phenoxy) is 1. The van der Waals surface area contributed by atoms with Crippen LogP contribution in [0.2, 0.25) is 5.02 Å². The van der Waals surface area contributed by atoms with Crippen LogP contribution >= 0.6 is 11.6 Å². The zero-order chi connectivity index (χ0) is 14.7. The molecule has 6 heteroatoms. The number of para-hydroxylation sites is 1. The zero-order valence-electron chi connectivity index (χ0n) is 11.9. The first-order valence-electron chi connectivity index (χ1n) is 6.37. The van der Waals surface area contributed by atoms with Gasteiger partial charge in [0, 0.05) is 13.6 Å². The number of aromatic nitrogens is 2. The smallest absolute Gasteiger partial charge is 0.216 e. The summed E-state index contributed by atoms with van der Waals surface area (Å²) in [4.78, 5) is 0. The fourth-order valence-corrected chi connectivity index (χ4v) is 2.50. The number of hydrogen-bond acceptors (Lipinski definition) is 4. The summed E-state index contributed by atoms with van der Waals surface area (Å²) in [6, 6.07) is 7.46. The predicted molar refractivity (Wildman–Crippen MR) is 81.4 cm³/mol. The molecule has 20 heavy (non-hydrogen) atoms. The Kier molecular flexibility index (Phi) is 4.52. The molecule has 3 N–H and O–H groups in total. The molecule has 0 spiro atoms. The maximum absolute atomic E-state index is 6.18. The van der Waals surface area contributed by atoms with Crippen LogP contribution in [-0.2, 0) is 7.05 Å². The van der Waals surface area contributed by atoms with Crippen molar-refractivity contribution in [2.75, 3.05) is 19.0 Å². The molecule has 0 saturated carbocycles. The van der Waals surface area contributed by atoms with Gasteiger partial charge >= 0.3 is 0 Å². The molecule has 1 aromatic heterocycles. The van der Waals surface area contributed by atoms with Crippen molar-refractivity contribution in [3.63, 3.8) is 0 Å². The summed E-state index contributed by atoms with van der Waals surface area (Å²) < 4.78 is 7.13. The Labute approximate surface area is 123 Å². The minimum atomic E-state index is -0.112. The van der Waals surface area contributed by atoms with E-state index in [1.54, 1.807) is 11.8 Å². The lowest BCUT2D eigenvalue weighted by molar-refractivity contribution is 0.367. The van der Waals surface area contributed by atoms with E-state index in [0.29, 0.717) is 17.4 Å². The first-order chi connectivity index (χ1) is 9.58. The van der Waals surface area contributed by atoms with E-state index in [1.165, 1.54) is 0 Å². The van der Waals surface area contributed by atoms with Crippen LogP contribution < -0.4 is 15.8 Å². The van der Waals surface area contributed by atoms with Crippen LogP contribution in [0, 0.1) is 6.92 Å². The van der Waals surface area contributed by atoms with Crippen LogP contribution in [0.25, 0.3) is 0 Å². The lowest BCUT2D eigenvalue weighted by Crippen LogP contribution is -2.21. The van der Waals surface area contributed by atoms with Gasteiger partial charge < -0.3 is 15.8 Å². The third kappa shape index (κ3) is 2.73. The van der Waals surface area contributed by atoms with Crippen LogP contribution in [-0.4, -0.2) is 23.4 Å². The number of hydrogen-bond donors (Lipinski definition) is 2. The molecule has 5 nitrogen and oxygen atoms in total. The third-order valence-electron chi connectivity index (χ3n) is 3.20. The number of halogens is 1. The predicted octanol–water partition coefficient (Wildman–Crippen LogP) is 2.50. The van der Waals surface area contributed by atoms with Gasteiger partial charge in [-0.2, -0.15) is 5.10 Å². The molecule has 1 aromatic carbocycles. The van der Waals surface area contributed by atoms with Gasteiger partial charge in [-0.25, -0.2) is 4.68 Å². The van der Waals surface area contributed by atoms with E-state index in [4.69, 9.17) is 22.1 Å². The van der Waals surface area contributed by atoms with Gasteiger partial charge in [-0.3, -0.25) is 0 Å². The third-order valence-corrected chi connectivity index (χ3v) is 3.52. The first-order valence-corrected chi connectivity index (χ1v) is 6.74. The second-order valence-electron chi connectivity index (χ2n) is 4.54. The number of nitrogens with zero attached hydrogens (tertiary/aromatic N) is 2. The van der Waals surface area contributed by atoms with Crippen molar-refractivity contribution in [2.45, 2.75) is 13.0 Å². The van der Waals surface area contributed by atoms with E-state index in [0.717, 1.165) is 16.9 Å². The molecule has 0 radical (unpaired) electrons. The quantitative estimate of drug-likeness (QED) is 0.889. The van der Waals surface area contributed by atoms with Crippen molar-refractivity contribution in [2.24, 2.45) is 12.8 Å². The van der Waals surface area contributed by atoms with E-state index in [2.05, 4.69) is 10.4 Å². The number of aryl methyl sites for hydroxylation is 2. The van der Waals surface area contributed by atoms with Crippen molar-refractivity contribution in [3.8, 4) is 5.88 Å². The topological polar surface area (TPSA) is 65.1 Å². The second kappa shape index (κ2) is 6.15. The average molecular weight is 295 g/mol. The molecule has 108 valence electrons. The second-order valence-corrected chi connectivity index (χ2v) is 4.95. The fraction of sp³-hybridized carbons (Fsp3) is 0.357. The fourth-order valence-electron chi connectivity index (χ4n) is 2.31. The number of anilines is 1. The molecule has 0 aliphatic rings. The Morgan fingerprint density at radius 1 is 1.45 bits per heavy atom. The Morgan fingerprint density at radius 2 is 2.15 bits per heavy atom. The molecule has 0 saturated heterocycles. The molecule has 0 aliphatic heterocycles. The summed E-state index contributed by atoms with van der Waals surface area (Å²) in [5, 5.41) is 8.39. The molecule has 1 atom stereocenters. The van der Waals surface area contributed by atoms with Crippen LogP contribution in [0.5, 0.6) is 5.88 Å². The van der Waals surface area contributed by atoms with Gasteiger partial charge in [0.2, 0.25) is 5.88 Å². The van der Waals surface area contributed by atoms with Crippen LogP contribution in [0.3, 0.4) is 0 Å². The van der Waals surface area contributed by atoms with Gasteiger partial charge in [-0.1, -0.05) is 23.7 Å². The molecular formula is C14H19ClN4O. The minimum Gasteiger partial charge on any atom is -0.481 e. The molecule has 0 bridgehead atoms. The van der Waals surface area contributed by atoms with Gasteiger partial charge in [-0.05, 0) is 19.1 Å². The monoisotopic (exact) mass is 294 g/mol. The number of benzene rings is 1. The molecule has 1 unspecified atom stereocenters. The van der Waals surface area contributed by atoms with Crippen molar-refractivity contribution in [1.29, 1.82) is 0 Å². The van der Waals surface area contributed by atoms with Gasteiger partial charge in [-0.15, -0.1) is 0 Å². The van der Waals surface area contributed by atoms with Crippen molar-refractivity contribution >= 4 is 17.3 Å². The SMILES string of the molecule is COc1c(C(CN)Nc2ccccc2Cl)c(C)nn1C. The summed E-state index contributed by atoms with van der Waals surface area (Å²) in [6.45, 7) is 2.35. The summed E-state index contributed by atoms with van der Waals surface area (Å²) in [6.07, 6.45) is 0. The van der Waals surface area contributed by atoms with Gasteiger partial charge in [0.05, 0.1) is 35.1 Å². The highest BCUT2D eigenvalue weighted by atomic mass is 35.5. The molecule has 0 amide bonds. The van der Waals surface area contributed by atoms with E-state index >= 15 is 0 Å². The summed E-state index contributed by atoms with van der Waals surface area (Å²) in [5.74, 6) is 0.706. The molecule has 1 heterocycles. The molecule has 0 fully saturated rings. The number of rotatable bonds is 5. The van der Waals surface area contributed by atoms with Crippen molar-refractivity contribution in [3.05, 3.63) is 40.5 Å². The average Bonchev–Trinajstić information content (AvgIpc) is 2.72. The molecule has 0 aliphatic carbocycles. The highest BCUT2D eigenvalue weighted by Gasteiger charge is 2.22. The van der Waals surface area contributed by atoms with Gasteiger partial charge in [0.25, 0.3) is 0 Å². The van der Waals surface area contributed by atoms with Crippen LogP contribution in [0.1, 0.15) is 17.3 Å². The Bertz CT molecular complexity index is 597. The van der Waals surface area contributed by atoms with Gasteiger partial charge in [0.1, 0.15) is 0 Å². The maximum Gasteiger partial charge on any atom is 0.216 e. The minimum absolute atomic E-state index is 0.112. The highest BCUT2D eigenvalue weighted by Crippen LogP contribution is 2.32. The van der Waals surface area contributed by atoms with E-state index in [9.17, 15) is 0 Å². The Morgan fingerprint density at radius 3 is 2.75 bits per heavy atom. The molecule has 2 rings (SSSR count). The first kappa shape index (κ1) is 14.7. The summed E-state index contributed by atoms with van der Waals surface area (Å²) in [7, 11) is 3.47. The van der Waals surface area contributed by atoms with Crippen molar-refractivity contribution < 1.29 is 4.74 Å². The summed E-state index contributed by atoms with van der Waals surface area (Å²) >= 11 is 6.18. The van der Waals surface area contributed by atoms with E-state index in [1.807, 2.05) is 38.2 Å². The zero-order valence-corrected chi connectivity index (χ0v) is 12.6. The highest BCUT2D eigenvalue weighted by molar-refractivity contribution is 6.33. The van der Waals surface area contributed by atoms with Gasteiger partial charge in [0.15, 0.2) is 0 Å². The lowest BCUT2D eigenvalue weighted by Gasteiger charge is -2.20. The Hall–Kier alpha value is -1.72. The maximum atomic E-state index is 6.18. The number of nitrogens with two attached hydrogens (primary N) is 1. The lowest BCUT2D eigenvalue weighted by atomic mass is 10.1. The summed E-state index contributed by atoms with van der Waals surface area (Å²) in [5.41, 5.74) is 8.59. The van der Waals surface area contributed by atoms with E-state index in [-0.39, 0.29) is 6.04 Å². The molecular weight excluding hydrogens is 276 g/mol. The number of nitrogens with one attached hydrogen (secondary N) is 1. The normalized spacial score (nSPS) is 12.2. The van der Waals surface area contributed by atoms with Crippen molar-refractivity contribution in [1.82, 2.24) is 9.78 Å². The molecule has 2 aromatic rings. The van der Waals surface area contributed by atoms with Crippen LogP contribution in [0.4, 0.5) is 5.69 Å².